The molecule has 0 atom stereocenters. The predicted octanol–water partition coefficient (Wildman–Crippen LogP) is 4.67. The summed E-state index contributed by atoms with van der Waals surface area (Å²) in [6.07, 6.45) is 1.89. The molecule has 22 heavy (non-hydrogen) atoms. The number of benzene rings is 2. The van der Waals surface area contributed by atoms with Crippen molar-refractivity contribution in [3.63, 3.8) is 0 Å². The fourth-order valence-corrected chi connectivity index (χ4v) is 2.76. The van der Waals surface area contributed by atoms with Gasteiger partial charge in [0.25, 0.3) is 0 Å². The van der Waals surface area contributed by atoms with Crippen molar-refractivity contribution in [2.24, 2.45) is 5.92 Å². The van der Waals surface area contributed by atoms with Crippen molar-refractivity contribution >= 4 is 16.7 Å². The number of rotatable bonds is 4. The summed E-state index contributed by atoms with van der Waals surface area (Å²) < 4.78 is 15.5. The van der Waals surface area contributed by atoms with E-state index in [1.54, 1.807) is 12.1 Å². The molecule has 0 N–H and O–H groups in total. The molecule has 0 aliphatic heterocycles. The number of para-hydroxylation sites is 1. The van der Waals surface area contributed by atoms with Crippen LogP contribution in [0.25, 0.3) is 10.9 Å². The molecular weight excluding hydrogens is 277 g/mol. The highest BCUT2D eigenvalue weighted by Crippen LogP contribution is 2.25. The van der Waals surface area contributed by atoms with E-state index in [2.05, 4.69) is 18.4 Å². The van der Waals surface area contributed by atoms with Crippen LogP contribution in [0, 0.1) is 11.7 Å². The third-order valence-corrected chi connectivity index (χ3v) is 3.68. The summed E-state index contributed by atoms with van der Waals surface area (Å²) >= 11 is 0. The molecule has 3 aromatic rings. The number of hydrogen-bond donors (Lipinski definition) is 0. The molecule has 2 aromatic carbocycles. The minimum absolute atomic E-state index is 0.141. The van der Waals surface area contributed by atoms with Crippen LogP contribution in [0.2, 0.25) is 0 Å². The molecule has 0 saturated carbocycles. The largest absolute Gasteiger partial charge is 0.346 e. The second-order valence-electron chi connectivity index (χ2n) is 5.95. The van der Waals surface area contributed by atoms with E-state index in [1.807, 2.05) is 30.5 Å². The first-order valence-corrected chi connectivity index (χ1v) is 7.44. The fraction of sp³-hybridized carbons (Fsp3) is 0.211. The van der Waals surface area contributed by atoms with Crippen molar-refractivity contribution in [3.8, 4) is 0 Å². The average molecular weight is 295 g/mol. The Balaban J connectivity index is 2.12. The molecule has 0 amide bonds. The number of hydrogen-bond acceptors (Lipinski definition) is 1. The first kappa shape index (κ1) is 14.5. The van der Waals surface area contributed by atoms with Gasteiger partial charge in [-0.15, -0.1) is 0 Å². The van der Waals surface area contributed by atoms with Gasteiger partial charge in [-0.25, -0.2) is 4.39 Å². The molecule has 0 saturated heterocycles. The van der Waals surface area contributed by atoms with Gasteiger partial charge in [-0.2, -0.15) is 0 Å². The van der Waals surface area contributed by atoms with Gasteiger partial charge in [0.2, 0.25) is 0 Å². The highest BCUT2D eigenvalue weighted by atomic mass is 19.1. The molecule has 0 spiro atoms. The lowest BCUT2D eigenvalue weighted by atomic mass is 10.0. The molecule has 0 fully saturated rings. The van der Waals surface area contributed by atoms with Crippen molar-refractivity contribution in [1.82, 2.24) is 4.57 Å². The van der Waals surface area contributed by atoms with Crippen LogP contribution in [0.3, 0.4) is 0 Å². The van der Waals surface area contributed by atoms with Gasteiger partial charge in [0.1, 0.15) is 5.82 Å². The Morgan fingerprint density at radius 1 is 1.14 bits per heavy atom. The van der Waals surface area contributed by atoms with Crippen LogP contribution in [0.5, 0.6) is 0 Å². The lowest BCUT2D eigenvalue weighted by molar-refractivity contribution is 0.103. The molecule has 2 nitrogen and oxygen atoms in total. The number of halogens is 1. The van der Waals surface area contributed by atoms with Gasteiger partial charge < -0.3 is 4.57 Å². The fourth-order valence-electron chi connectivity index (χ4n) is 2.76. The van der Waals surface area contributed by atoms with Crippen LogP contribution in [-0.2, 0) is 6.54 Å². The topological polar surface area (TPSA) is 22.0 Å². The van der Waals surface area contributed by atoms with Crippen LogP contribution >= 0.6 is 0 Å². The summed E-state index contributed by atoms with van der Waals surface area (Å²) in [5.41, 5.74) is 2.05. The lowest BCUT2D eigenvalue weighted by Crippen LogP contribution is -2.04. The van der Waals surface area contributed by atoms with Crippen molar-refractivity contribution in [3.05, 3.63) is 71.7 Å². The summed E-state index contributed by atoms with van der Waals surface area (Å²) in [6.45, 7) is 5.13. The third-order valence-electron chi connectivity index (χ3n) is 3.68. The zero-order chi connectivity index (χ0) is 15.7. The van der Waals surface area contributed by atoms with Gasteiger partial charge >= 0.3 is 0 Å². The Hall–Kier alpha value is -2.42. The quantitative estimate of drug-likeness (QED) is 0.641. The molecule has 1 heterocycles. The van der Waals surface area contributed by atoms with E-state index in [-0.39, 0.29) is 5.78 Å². The Morgan fingerprint density at radius 3 is 2.64 bits per heavy atom. The second kappa shape index (κ2) is 5.76. The van der Waals surface area contributed by atoms with E-state index in [1.165, 1.54) is 12.1 Å². The number of carbonyl (C=O) groups is 1. The molecule has 112 valence electrons. The highest BCUT2D eigenvalue weighted by molar-refractivity contribution is 6.16. The average Bonchev–Trinajstić information content (AvgIpc) is 2.85. The van der Waals surface area contributed by atoms with Gasteiger partial charge in [0, 0.05) is 34.8 Å². The maximum absolute atomic E-state index is 13.4. The monoisotopic (exact) mass is 295 g/mol. The van der Waals surface area contributed by atoms with Crippen LogP contribution < -0.4 is 0 Å². The van der Waals surface area contributed by atoms with Gasteiger partial charge in [0.05, 0.1) is 0 Å². The van der Waals surface area contributed by atoms with Crippen LogP contribution in [-0.4, -0.2) is 10.4 Å². The first-order valence-electron chi connectivity index (χ1n) is 7.44. The molecule has 0 bridgehead atoms. The summed E-state index contributed by atoms with van der Waals surface area (Å²) in [5.74, 6) is -0.0529. The van der Waals surface area contributed by atoms with Crippen molar-refractivity contribution in [2.45, 2.75) is 20.4 Å². The molecule has 1 aromatic heterocycles. The van der Waals surface area contributed by atoms with Crippen LogP contribution in [0.1, 0.15) is 29.8 Å². The minimum atomic E-state index is -0.392. The molecule has 0 aliphatic carbocycles. The van der Waals surface area contributed by atoms with Gasteiger partial charge in [-0.05, 0) is 24.1 Å². The number of fused-ring (bicyclic) bond motifs is 1. The summed E-state index contributed by atoms with van der Waals surface area (Å²) in [6, 6.07) is 13.7. The zero-order valence-electron chi connectivity index (χ0n) is 12.7. The molecule has 3 heteroatoms. The Bertz CT molecular complexity index is 832. The molecular formula is C19H18FNO. The van der Waals surface area contributed by atoms with E-state index < -0.39 is 5.82 Å². The smallest absolute Gasteiger partial charge is 0.195 e. The molecule has 0 radical (unpaired) electrons. The Kier molecular flexibility index (Phi) is 3.80. The number of aromatic nitrogens is 1. The van der Waals surface area contributed by atoms with Crippen molar-refractivity contribution in [1.29, 1.82) is 0 Å². The van der Waals surface area contributed by atoms with Crippen LogP contribution in [0.15, 0.2) is 54.7 Å². The first-order chi connectivity index (χ1) is 10.6. The summed E-state index contributed by atoms with van der Waals surface area (Å²) in [4.78, 5) is 12.7. The highest BCUT2D eigenvalue weighted by Gasteiger charge is 2.17. The van der Waals surface area contributed by atoms with Crippen molar-refractivity contribution in [2.75, 3.05) is 0 Å². The molecule has 0 unspecified atom stereocenters. The predicted molar refractivity (Wildman–Crippen MR) is 86.6 cm³/mol. The van der Waals surface area contributed by atoms with E-state index in [4.69, 9.17) is 0 Å². The minimum Gasteiger partial charge on any atom is -0.346 e. The van der Waals surface area contributed by atoms with Crippen LogP contribution in [0.4, 0.5) is 4.39 Å². The van der Waals surface area contributed by atoms with Gasteiger partial charge in [0.15, 0.2) is 5.78 Å². The normalized spacial score (nSPS) is 11.3. The molecule has 3 rings (SSSR count). The van der Waals surface area contributed by atoms with Gasteiger partial charge in [-0.3, -0.25) is 4.79 Å². The number of ketones is 1. The van der Waals surface area contributed by atoms with Gasteiger partial charge in [-0.1, -0.05) is 44.2 Å². The number of carbonyl (C=O) groups excluding carboxylic acids is 1. The van der Waals surface area contributed by atoms with E-state index in [0.29, 0.717) is 17.0 Å². The maximum atomic E-state index is 13.4. The zero-order valence-corrected chi connectivity index (χ0v) is 12.7. The summed E-state index contributed by atoms with van der Waals surface area (Å²) in [7, 11) is 0. The van der Waals surface area contributed by atoms with E-state index in [0.717, 1.165) is 17.4 Å². The lowest BCUT2D eigenvalue weighted by Gasteiger charge is -2.07. The maximum Gasteiger partial charge on any atom is 0.195 e. The summed E-state index contributed by atoms with van der Waals surface area (Å²) in [5, 5.41) is 0.914. The van der Waals surface area contributed by atoms with Crippen molar-refractivity contribution < 1.29 is 9.18 Å². The Labute approximate surface area is 129 Å². The Morgan fingerprint density at radius 2 is 1.91 bits per heavy atom. The van der Waals surface area contributed by atoms with E-state index >= 15 is 0 Å². The third kappa shape index (κ3) is 2.67. The number of nitrogens with zero attached hydrogens (tertiary/aromatic N) is 1. The SMILES string of the molecule is CC(C)Cn1cc(C(=O)c2cccc(F)c2)c2ccccc21. The second-order valence-corrected chi connectivity index (χ2v) is 5.95. The standard InChI is InChI=1S/C19H18FNO/c1-13(2)11-21-12-17(16-8-3-4-9-18(16)21)19(22)14-6-5-7-15(20)10-14/h3-10,12-13H,11H2,1-2H3. The molecule has 0 aliphatic rings. The van der Waals surface area contributed by atoms with E-state index in [9.17, 15) is 9.18 Å².